The van der Waals surface area contributed by atoms with Crippen LogP contribution >= 0.6 is 0 Å². The summed E-state index contributed by atoms with van der Waals surface area (Å²) < 4.78 is 68.0. The third-order valence-corrected chi connectivity index (χ3v) is 5.37. The minimum atomic E-state index is -4.47. The number of nitrogens with one attached hydrogen (secondary N) is 1. The van der Waals surface area contributed by atoms with Crippen LogP contribution in [0.5, 0.6) is 0 Å². The van der Waals surface area contributed by atoms with E-state index in [4.69, 9.17) is 6.42 Å². The van der Waals surface area contributed by atoms with Gasteiger partial charge in [0.05, 0.1) is 16.8 Å². The lowest BCUT2D eigenvalue weighted by atomic mass is 9.93. The molecule has 1 aromatic carbocycles. The van der Waals surface area contributed by atoms with Crippen LogP contribution < -0.4 is 5.32 Å². The maximum Gasteiger partial charge on any atom is 0.416 e. The number of carbonyl (C=O) groups excluding carboxylic acids is 1. The van der Waals surface area contributed by atoms with Crippen molar-refractivity contribution >= 4 is 6.29 Å². The standard InChI is InChI=1S/C22H20F5N3O/c1-3-30(2)11-9-20(14-31)13-21(23,24)19(29-20)18-12-16(8-10-28-18)15-4-6-17(7-5-15)22(25,26)27/h1,4-8,10,12,14,19,29H,9,11,13H2,2H3. The Morgan fingerprint density at radius 2 is 1.94 bits per heavy atom. The molecule has 1 aromatic heterocycles. The summed E-state index contributed by atoms with van der Waals surface area (Å²) in [5.41, 5.74) is -1.41. The lowest BCUT2D eigenvalue weighted by Gasteiger charge is -2.25. The molecule has 1 saturated heterocycles. The van der Waals surface area contributed by atoms with Gasteiger partial charge < -0.3 is 9.69 Å². The summed E-state index contributed by atoms with van der Waals surface area (Å²) in [5, 5.41) is 2.72. The van der Waals surface area contributed by atoms with E-state index in [1.807, 2.05) is 0 Å². The molecule has 1 aliphatic rings. The van der Waals surface area contributed by atoms with Crippen LogP contribution in [0, 0.1) is 12.5 Å². The number of nitrogens with zero attached hydrogens (tertiary/aromatic N) is 2. The van der Waals surface area contributed by atoms with Crippen LogP contribution in [-0.4, -0.2) is 41.2 Å². The Kier molecular flexibility index (Phi) is 6.05. The second-order valence-corrected chi connectivity index (χ2v) is 7.63. The first-order chi connectivity index (χ1) is 14.5. The number of aldehydes is 1. The minimum Gasteiger partial charge on any atom is -0.336 e. The normalized spacial score (nSPS) is 22.7. The van der Waals surface area contributed by atoms with Crippen LogP contribution in [0.15, 0.2) is 42.6 Å². The summed E-state index contributed by atoms with van der Waals surface area (Å²) in [5.74, 6) is -3.26. The second-order valence-electron chi connectivity index (χ2n) is 7.63. The molecule has 4 nitrogen and oxygen atoms in total. The predicted molar refractivity (Wildman–Crippen MR) is 105 cm³/mol. The van der Waals surface area contributed by atoms with Crippen LogP contribution in [0.1, 0.15) is 30.1 Å². The Morgan fingerprint density at radius 1 is 1.26 bits per heavy atom. The Labute approximate surface area is 176 Å². The number of aromatic nitrogens is 1. The molecule has 0 bridgehead atoms. The summed E-state index contributed by atoms with van der Waals surface area (Å²) >= 11 is 0. The number of hydrogen-bond donors (Lipinski definition) is 1. The van der Waals surface area contributed by atoms with Gasteiger partial charge in [-0.2, -0.15) is 13.2 Å². The van der Waals surface area contributed by atoms with E-state index in [1.165, 1.54) is 35.4 Å². The van der Waals surface area contributed by atoms with Crippen LogP contribution in [0.4, 0.5) is 22.0 Å². The summed E-state index contributed by atoms with van der Waals surface area (Å²) in [7, 11) is 1.61. The maximum absolute atomic E-state index is 14.9. The summed E-state index contributed by atoms with van der Waals surface area (Å²) in [4.78, 5) is 17.2. The molecule has 31 heavy (non-hydrogen) atoms. The molecule has 2 unspecified atom stereocenters. The zero-order valence-electron chi connectivity index (χ0n) is 16.6. The van der Waals surface area contributed by atoms with Gasteiger partial charge >= 0.3 is 6.18 Å². The van der Waals surface area contributed by atoms with Gasteiger partial charge in [-0.25, -0.2) is 8.78 Å². The van der Waals surface area contributed by atoms with E-state index < -0.39 is 35.7 Å². The molecule has 9 heteroatoms. The van der Waals surface area contributed by atoms with Gasteiger partial charge in [-0.3, -0.25) is 10.3 Å². The van der Waals surface area contributed by atoms with Gasteiger partial charge in [0.1, 0.15) is 12.3 Å². The van der Waals surface area contributed by atoms with Gasteiger partial charge in [-0.05, 0) is 41.8 Å². The van der Waals surface area contributed by atoms with Crippen molar-refractivity contribution in [3.63, 3.8) is 0 Å². The first kappa shape index (κ1) is 22.7. The highest BCUT2D eigenvalue weighted by molar-refractivity contribution is 5.67. The fraction of sp³-hybridized carbons (Fsp3) is 0.364. The molecular formula is C22H20F5N3O. The molecule has 1 N–H and O–H groups in total. The van der Waals surface area contributed by atoms with E-state index >= 15 is 0 Å². The van der Waals surface area contributed by atoms with E-state index in [0.717, 1.165) is 12.1 Å². The highest BCUT2D eigenvalue weighted by atomic mass is 19.4. The molecule has 164 valence electrons. The molecule has 0 saturated carbocycles. The van der Waals surface area contributed by atoms with Crippen molar-refractivity contribution in [1.82, 2.24) is 15.2 Å². The van der Waals surface area contributed by atoms with E-state index in [2.05, 4.69) is 16.3 Å². The van der Waals surface area contributed by atoms with Crippen molar-refractivity contribution in [2.75, 3.05) is 13.6 Å². The monoisotopic (exact) mass is 437 g/mol. The number of pyridine rings is 1. The van der Waals surface area contributed by atoms with Crippen LogP contribution in [0.3, 0.4) is 0 Å². The van der Waals surface area contributed by atoms with Gasteiger partial charge in [-0.15, -0.1) is 0 Å². The highest BCUT2D eigenvalue weighted by Gasteiger charge is 2.57. The molecule has 1 fully saturated rings. The van der Waals surface area contributed by atoms with Gasteiger partial charge in [0.2, 0.25) is 0 Å². The average Bonchev–Trinajstić information content (AvgIpc) is 3.02. The number of benzene rings is 1. The topological polar surface area (TPSA) is 45.2 Å². The van der Waals surface area contributed by atoms with E-state index in [0.29, 0.717) is 17.4 Å². The van der Waals surface area contributed by atoms with E-state index in [9.17, 15) is 26.7 Å². The van der Waals surface area contributed by atoms with E-state index in [1.54, 1.807) is 7.05 Å². The van der Waals surface area contributed by atoms with Crippen LogP contribution in [0.2, 0.25) is 0 Å². The molecule has 2 aromatic rings. The molecule has 0 aliphatic carbocycles. The predicted octanol–water partition coefficient (Wildman–Crippen LogP) is 4.29. The Morgan fingerprint density at radius 3 is 2.52 bits per heavy atom. The van der Waals surface area contributed by atoms with Gasteiger partial charge in [0.15, 0.2) is 0 Å². The molecular weight excluding hydrogens is 417 g/mol. The minimum absolute atomic E-state index is 0.00331. The lowest BCUT2D eigenvalue weighted by molar-refractivity contribution is -0.137. The molecule has 2 atom stereocenters. The fourth-order valence-electron chi connectivity index (χ4n) is 3.62. The third-order valence-electron chi connectivity index (χ3n) is 5.37. The Bertz CT molecular complexity index is 984. The first-order valence-corrected chi connectivity index (χ1v) is 9.42. The Hall–Kier alpha value is -2.99. The Balaban J connectivity index is 1.87. The van der Waals surface area contributed by atoms with E-state index in [-0.39, 0.29) is 18.7 Å². The number of hydrogen-bond acceptors (Lipinski definition) is 4. The van der Waals surface area contributed by atoms with Crippen molar-refractivity contribution in [2.24, 2.45) is 0 Å². The zero-order chi connectivity index (χ0) is 22.9. The van der Waals surface area contributed by atoms with Gasteiger partial charge in [0.25, 0.3) is 5.92 Å². The van der Waals surface area contributed by atoms with Crippen LogP contribution in [-0.2, 0) is 11.0 Å². The first-order valence-electron chi connectivity index (χ1n) is 9.42. The van der Waals surface area contributed by atoms with Crippen molar-refractivity contribution < 1.29 is 26.7 Å². The number of rotatable bonds is 6. The largest absolute Gasteiger partial charge is 0.416 e. The van der Waals surface area contributed by atoms with Crippen molar-refractivity contribution in [1.29, 1.82) is 0 Å². The molecule has 1 aliphatic heterocycles. The molecule has 0 spiro atoms. The summed E-state index contributed by atoms with van der Waals surface area (Å²) in [6.45, 7) is 0.240. The molecule has 2 heterocycles. The molecule has 0 radical (unpaired) electrons. The number of carbonyl (C=O) groups is 1. The van der Waals surface area contributed by atoms with Gasteiger partial charge in [0, 0.05) is 32.3 Å². The maximum atomic E-state index is 14.9. The number of terminal acetylenes is 1. The third kappa shape index (κ3) is 4.85. The average molecular weight is 437 g/mol. The molecule has 3 rings (SSSR count). The smallest absolute Gasteiger partial charge is 0.336 e. The van der Waals surface area contributed by atoms with Crippen molar-refractivity contribution in [3.8, 4) is 23.6 Å². The lowest BCUT2D eigenvalue weighted by Crippen LogP contribution is -2.44. The van der Waals surface area contributed by atoms with Crippen LogP contribution in [0.25, 0.3) is 11.1 Å². The summed E-state index contributed by atoms with van der Waals surface area (Å²) in [6, 6.07) is 8.14. The quantitative estimate of drug-likeness (QED) is 0.317. The summed E-state index contributed by atoms with van der Waals surface area (Å²) in [6.07, 6.45) is 1.96. The second kappa shape index (κ2) is 8.27. The van der Waals surface area contributed by atoms with Crippen molar-refractivity contribution in [3.05, 3.63) is 53.9 Å². The fourth-order valence-corrected chi connectivity index (χ4v) is 3.62. The van der Waals surface area contributed by atoms with Crippen molar-refractivity contribution in [2.45, 2.75) is 36.5 Å². The highest BCUT2D eigenvalue weighted by Crippen LogP contribution is 2.45. The zero-order valence-corrected chi connectivity index (χ0v) is 16.6. The number of alkyl halides is 5. The van der Waals surface area contributed by atoms with Gasteiger partial charge in [-0.1, -0.05) is 18.6 Å². The molecule has 0 amide bonds. The SMILES string of the molecule is C#CN(C)CCC1(C=O)CC(F)(F)C(c2cc(-c3ccc(C(F)(F)F)cc3)ccn2)N1. The number of halogens is 5.